The van der Waals surface area contributed by atoms with Gasteiger partial charge in [-0.15, -0.1) is 0 Å². The molecule has 0 aromatic heterocycles. The van der Waals surface area contributed by atoms with E-state index in [1.807, 2.05) is 0 Å². The normalized spacial score (nSPS) is 20.4. The predicted octanol–water partition coefficient (Wildman–Crippen LogP) is 6.59. The van der Waals surface area contributed by atoms with Gasteiger partial charge in [0.1, 0.15) is 28.9 Å². The average molecular weight is 575 g/mol. The van der Waals surface area contributed by atoms with E-state index in [-0.39, 0.29) is 28.0 Å². The second-order valence-electron chi connectivity index (χ2n) is 9.86. The van der Waals surface area contributed by atoms with Crippen LogP contribution in [0.5, 0.6) is 5.75 Å². The van der Waals surface area contributed by atoms with Crippen molar-refractivity contribution in [1.29, 1.82) is 0 Å². The number of fused-ring (bicyclic) bond motifs is 1. The Hall–Kier alpha value is -2.82. The number of halogens is 5. The van der Waals surface area contributed by atoms with Gasteiger partial charge in [0.05, 0.1) is 16.7 Å². The van der Waals surface area contributed by atoms with Gasteiger partial charge in [0.2, 0.25) is 5.91 Å². The highest BCUT2D eigenvalue weighted by Gasteiger charge is 2.43. The van der Waals surface area contributed by atoms with E-state index in [1.54, 1.807) is 20.8 Å². The van der Waals surface area contributed by atoms with Crippen LogP contribution in [-0.2, 0) is 21.7 Å². The molecule has 3 rings (SSSR count). The highest BCUT2D eigenvalue weighted by Crippen LogP contribution is 2.43. The lowest BCUT2D eigenvalue weighted by molar-refractivity contribution is -0.158. The number of hydrogen-bond donors (Lipinski definition) is 1. The van der Waals surface area contributed by atoms with Crippen molar-refractivity contribution in [3.63, 3.8) is 0 Å². The summed E-state index contributed by atoms with van der Waals surface area (Å²) < 4.78 is 66.4. The lowest BCUT2D eigenvalue weighted by Crippen LogP contribution is -2.50. The lowest BCUT2D eigenvalue weighted by Gasteiger charge is -2.27. The number of amides is 2. The van der Waals surface area contributed by atoms with Gasteiger partial charge >= 0.3 is 12.2 Å². The van der Waals surface area contributed by atoms with Crippen molar-refractivity contribution in [2.45, 2.75) is 71.0 Å². The maximum atomic E-state index is 15.9. The van der Waals surface area contributed by atoms with Crippen molar-refractivity contribution in [3.05, 3.63) is 57.8 Å². The summed E-state index contributed by atoms with van der Waals surface area (Å²) in [4.78, 5) is 27.3. The molecule has 0 spiro atoms. The second-order valence-corrected chi connectivity index (χ2v) is 10.7. The first-order chi connectivity index (χ1) is 16.4. The van der Waals surface area contributed by atoms with Gasteiger partial charge in [-0.25, -0.2) is 13.6 Å². The van der Waals surface area contributed by atoms with E-state index in [0.29, 0.717) is 12.5 Å². The van der Waals surface area contributed by atoms with Crippen LogP contribution in [-0.4, -0.2) is 29.8 Å². The van der Waals surface area contributed by atoms with Crippen molar-refractivity contribution < 1.29 is 36.6 Å². The third-order valence-corrected chi connectivity index (χ3v) is 5.90. The first-order valence-corrected chi connectivity index (χ1v) is 11.9. The lowest BCUT2D eigenvalue weighted by atomic mass is 9.91. The summed E-state index contributed by atoms with van der Waals surface area (Å²) in [6.45, 7) is 6.63. The molecule has 196 valence electrons. The van der Waals surface area contributed by atoms with Gasteiger partial charge in [0.15, 0.2) is 0 Å². The monoisotopic (exact) mass is 574 g/mol. The first kappa shape index (κ1) is 27.8. The Morgan fingerprint density at radius 1 is 1.19 bits per heavy atom. The molecule has 1 aliphatic rings. The topological polar surface area (TPSA) is 67.9 Å². The van der Waals surface area contributed by atoms with E-state index in [4.69, 9.17) is 4.74 Å². The molecular weight excluding hydrogens is 548 g/mol. The van der Waals surface area contributed by atoms with Gasteiger partial charge in [0.25, 0.3) is 0 Å². The van der Waals surface area contributed by atoms with Crippen LogP contribution in [0.1, 0.15) is 52.2 Å². The van der Waals surface area contributed by atoms with Crippen LogP contribution in [0.15, 0.2) is 40.9 Å². The zero-order chi connectivity index (χ0) is 27.1. The smallest absolute Gasteiger partial charge is 0.408 e. The van der Waals surface area contributed by atoms with Crippen LogP contribution in [0.25, 0.3) is 0 Å². The number of alkyl carbamates (subject to hydrolysis) is 1. The molecule has 0 bridgehead atoms. The maximum absolute atomic E-state index is 15.9. The van der Waals surface area contributed by atoms with E-state index in [1.165, 1.54) is 42.2 Å². The summed E-state index contributed by atoms with van der Waals surface area (Å²) in [6, 6.07) is 6.55. The minimum atomic E-state index is -3.37. The van der Waals surface area contributed by atoms with Crippen molar-refractivity contribution in [2.75, 3.05) is 4.90 Å². The number of rotatable bonds is 5. The van der Waals surface area contributed by atoms with Crippen molar-refractivity contribution >= 4 is 33.6 Å². The molecule has 0 aliphatic carbocycles. The largest absolute Gasteiger partial charge is 0.444 e. The molecule has 0 fully saturated rings. The maximum Gasteiger partial charge on any atom is 0.408 e. The quantitative estimate of drug-likeness (QED) is 0.409. The number of hydrogen-bond acceptors (Lipinski definition) is 4. The van der Waals surface area contributed by atoms with Crippen molar-refractivity contribution in [3.8, 4) is 5.75 Å². The number of nitrogens with zero attached hydrogens (tertiary/aromatic N) is 1. The Labute approximate surface area is 215 Å². The molecule has 2 atom stereocenters. The van der Waals surface area contributed by atoms with Crippen LogP contribution in [0.4, 0.5) is 28.0 Å². The summed E-state index contributed by atoms with van der Waals surface area (Å²) in [6.07, 6.45) is -4.74. The standard InChI is InChI=1S/C25H27BrF4N2O4/c1-23(2,3)36-22(34)31-19-12-24(4,28)16-10-18(27)17(26)11-20(16)32(21(19)33)13-14-6-8-15(9-7-14)35-25(5,29)30/h6-11,19H,12-13H2,1-5H3,(H,31,34)/t19?,24-/m1/s1. The third-order valence-electron chi connectivity index (χ3n) is 5.29. The molecule has 0 radical (unpaired) electrons. The fourth-order valence-corrected chi connectivity index (χ4v) is 4.17. The number of alkyl halides is 3. The average Bonchev–Trinajstić information content (AvgIpc) is 2.77. The van der Waals surface area contributed by atoms with Crippen molar-refractivity contribution in [1.82, 2.24) is 5.32 Å². The highest BCUT2D eigenvalue weighted by molar-refractivity contribution is 9.10. The summed E-state index contributed by atoms with van der Waals surface area (Å²) in [5.41, 5.74) is -2.51. The number of nitrogens with one attached hydrogen (secondary N) is 1. The Morgan fingerprint density at radius 3 is 2.36 bits per heavy atom. The number of benzene rings is 2. The van der Waals surface area contributed by atoms with Gasteiger partial charge < -0.3 is 19.7 Å². The molecule has 2 amide bonds. The summed E-state index contributed by atoms with van der Waals surface area (Å²) in [5.74, 6) is -1.45. The van der Waals surface area contributed by atoms with E-state index >= 15 is 4.39 Å². The predicted molar refractivity (Wildman–Crippen MR) is 129 cm³/mol. The molecule has 1 heterocycles. The molecule has 0 saturated heterocycles. The fraction of sp³-hybridized carbons (Fsp3) is 0.440. The summed E-state index contributed by atoms with van der Waals surface area (Å²) in [7, 11) is 0. The van der Waals surface area contributed by atoms with Gasteiger partial charge in [-0.2, -0.15) is 8.78 Å². The number of anilines is 1. The number of carbonyl (C=O) groups is 2. The van der Waals surface area contributed by atoms with E-state index in [9.17, 15) is 22.8 Å². The first-order valence-electron chi connectivity index (χ1n) is 11.1. The second kappa shape index (κ2) is 9.91. The zero-order valence-corrected chi connectivity index (χ0v) is 22.0. The van der Waals surface area contributed by atoms with E-state index in [0.717, 1.165) is 6.07 Å². The molecule has 1 aliphatic heterocycles. The van der Waals surface area contributed by atoms with Gasteiger partial charge in [-0.1, -0.05) is 12.1 Å². The van der Waals surface area contributed by atoms with Gasteiger partial charge in [-0.05, 0) is 73.5 Å². The third kappa shape index (κ3) is 6.89. The fourth-order valence-electron chi connectivity index (χ4n) is 3.84. The molecular formula is C25H27BrF4N2O4. The molecule has 1 N–H and O–H groups in total. The van der Waals surface area contributed by atoms with Crippen LogP contribution >= 0.6 is 15.9 Å². The Balaban J connectivity index is 2.01. The summed E-state index contributed by atoms with van der Waals surface area (Å²) in [5, 5.41) is 2.43. The number of ether oxygens (including phenoxy) is 2. The molecule has 36 heavy (non-hydrogen) atoms. The summed E-state index contributed by atoms with van der Waals surface area (Å²) >= 11 is 3.08. The molecule has 0 saturated carbocycles. The van der Waals surface area contributed by atoms with Crippen molar-refractivity contribution in [2.24, 2.45) is 0 Å². The van der Waals surface area contributed by atoms with E-state index < -0.39 is 47.7 Å². The van der Waals surface area contributed by atoms with Crippen LogP contribution in [0.3, 0.4) is 0 Å². The minimum absolute atomic E-state index is 0.0160. The Kier molecular flexibility index (Phi) is 7.64. The minimum Gasteiger partial charge on any atom is -0.444 e. The van der Waals surface area contributed by atoms with Gasteiger partial charge in [0, 0.05) is 18.9 Å². The SMILES string of the molecule is CC(C)(C)OC(=O)NC1C[C@@](C)(F)c2cc(F)c(Br)cc2N(Cc2ccc(OC(C)(F)F)cc2)C1=O. The van der Waals surface area contributed by atoms with Crippen LogP contribution in [0, 0.1) is 5.82 Å². The Bertz CT molecular complexity index is 1140. The zero-order valence-electron chi connectivity index (χ0n) is 20.4. The molecule has 2 aromatic rings. The molecule has 11 heteroatoms. The van der Waals surface area contributed by atoms with Crippen LogP contribution < -0.4 is 15.0 Å². The Morgan fingerprint density at radius 2 is 1.81 bits per heavy atom. The van der Waals surface area contributed by atoms with Crippen LogP contribution in [0.2, 0.25) is 0 Å². The van der Waals surface area contributed by atoms with E-state index in [2.05, 4.69) is 26.0 Å². The molecule has 2 aromatic carbocycles. The highest BCUT2D eigenvalue weighted by atomic mass is 79.9. The molecule has 1 unspecified atom stereocenters. The number of carbonyl (C=O) groups excluding carboxylic acids is 2. The molecule has 6 nitrogen and oxygen atoms in total. The van der Waals surface area contributed by atoms with Gasteiger partial charge in [-0.3, -0.25) is 4.79 Å².